The molecular weight excluding hydrogens is 362 g/mol. The molecule has 0 aliphatic carbocycles. The van der Waals surface area contributed by atoms with E-state index in [9.17, 15) is 23.1 Å². The zero-order valence-electron chi connectivity index (χ0n) is 14.0. The maximum absolute atomic E-state index is 12.9. The molecule has 26 heavy (non-hydrogen) atoms. The second kappa shape index (κ2) is 5.92. The first-order valence-corrected chi connectivity index (χ1v) is 10.0. The first-order valence-electron chi connectivity index (χ1n) is 8.40. The third-order valence-electron chi connectivity index (χ3n) is 5.49. The highest BCUT2D eigenvalue weighted by molar-refractivity contribution is 7.90. The molecule has 1 amide bonds. The van der Waals surface area contributed by atoms with Crippen LogP contribution in [0.15, 0.2) is 28.3 Å². The molecule has 2 atom stereocenters. The molecule has 0 unspecified atom stereocenters. The fourth-order valence-corrected chi connectivity index (χ4v) is 4.93. The fourth-order valence-electron chi connectivity index (χ4n) is 3.96. The van der Waals surface area contributed by atoms with E-state index < -0.39 is 21.4 Å². The van der Waals surface area contributed by atoms with Gasteiger partial charge < -0.3 is 19.6 Å². The summed E-state index contributed by atoms with van der Waals surface area (Å²) < 4.78 is 32.2. The summed E-state index contributed by atoms with van der Waals surface area (Å²) in [4.78, 5) is 27.9. The van der Waals surface area contributed by atoms with Gasteiger partial charge in [-0.3, -0.25) is 9.59 Å². The van der Waals surface area contributed by atoms with Crippen molar-refractivity contribution in [3.63, 3.8) is 0 Å². The zero-order chi connectivity index (χ0) is 18.5. The highest BCUT2D eigenvalue weighted by Gasteiger charge is 2.55. The Morgan fingerprint density at radius 1 is 1.35 bits per heavy atom. The average Bonchev–Trinajstić information content (AvgIpc) is 3.01. The van der Waals surface area contributed by atoms with Crippen LogP contribution in [0.25, 0.3) is 0 Å². The highest BCUT2D eigenvalue weighted by Crippen LogP contribution is 2.43. The Balaban J connectivity index is 1.55. The maximum Gasteiger partial charge on any atom is 0.311 e. The van der Waals surface area contributed by atoms with E-state index in [1.807, 2.05) is 0 Å². The second-order valence-electron chi connectivity index (χ2n) is 7.02. The average molecular weight is 381 g/mol. The van der Waals surface area contributed by atoms with E-state index in [-0.39, 0.29) is 30.7 Å². The van der Waals surface area contributed by atoms with E-state index in [2.05, 4.69) is 4.40 Å². The molecule has 1 N–H and O–H groups in total. The molecule has 2 fully saturated rings. The molecule has 2 saturated heterocycles. The van der Waals surface area contributed by atoms with Gasteiger partial charge in [-0.25, -0.2) is 8.42 Å². The van der Waals surface area contributed by atoms with E-state index in [1.54, 1.807) is 16.0 Å². The van der Waals surface area contributed by atoms with Gasteiger partial charge in [0.25, 0.3) is 15.9 Å². The summed E-state index contributed by atoms with van der Waals surface area (Å²) in [5, 5.41) is 9.71. The van der Waals surface area contributed by atoms with Crippen LogP contribution in [0.4, 0.5) is 0 Å². The number of fused-ring (bicyclic) bond motifs is 2. The molecule has 4 rings (SSSR count). The molecule has 140 valence electrons. The van der Waals surface area contributed by atoms with Crippen molar-refractivity contribution in [2.24, 2.45) is 15.7 Å². The fraction of sp³-hybridized carbons (Fsp3) is 0.562. The van der Waals surface area contributed by atoms with E-state index in [0.717, 1.165) is 0 Å². The molecule has 0 bridgehead atoms. The van der Waals surface area contributed by atoms with Gasteiger partial charge in [-0.05, 0) is 18.6 Å². The summed E-state index contributed by atoms with van der Waals surface area (Å²) in [5.74, 6) is -1.18. The van der Waals surface area contributed by atoms with Crippen molar-refractivity contribution in [3.05, 3.63) is 23.9 Å². The first kappa shape index (κ1) is 17.2. The van der Waals surface area contributed by atoms with Gasteiger partial charge in [0.2, 0.25) is 0 Å². The first-order chi connectivity index (χ1) is 12.3. The Kier molecular flexibility index (Phi) is 3.92. The van der Waals surface area contributed by atoms with Crippen LogP contribution in [0.2, 0.25) is 0 Å². The molecule has 0 aromatic carbocycles. The smallest absolute Gasteiger partial charge is 0.311 e. The van der Waals surface area contributed by atoms with Gasteiger partial charge in [0.05, 0.1) is 23.3 Å². The van der Waals surface area contributed by atoms with Gasteiger partial charge in [0, 0.05) is 38.4 Å². The predicted octanol–water partition coefficient (Wildman–Crippen LogP) is -0.566. The normalized spacial score (nSPS) is 32.4. The lowest BCUT2D eigenvalue weighted by atomic mass is 9.74. The number of rotatable bonds is 2. The van der Waals surface area contributed by atoms with Crippen LogP contribution in [-0.4, -0.2) is 79.6 Å². The van der Waals surface area contributed by atoms with Gasteiger partial charge in [-0.2, -0.15) is 0 Å². The third-order valence-corrected chi connectivity index (χ3v) is 6.65. The second-order valence-corrected chi connectivity index (χ2v) is 8.77. The number of carbonyl (C=O) groups is 2. The summed E-state index contributed by atoms with van der Waals surface area (Å²) in [5.41, 5.74) is -0.554. The van der Waals surface area contributed by atoms with E-state index in [1.165, 1.54) is 12.2 Å². The van der Waals surface area contributed by atoms with Crippen molar-refractivity contribution in [1.82, 2.24) is 9.80 Å². The Bertz CT molecular complexity index is 861. The topological polar surface area (TPSA) is 117 Å². The SMILES string of the molecule is O=C(C1=CN2CCS(=O)(=O)N=C2C=C1)N1C[C@H]2COCC[C@@]2(C(=O)O)C1. The van der Waals surface area contributed by atoms with Crippen molar-refractivity contribution in [2.45, 2.75) is 6.42 Å². The molecule has 4 heterocycles. The van der Waals surface area contributed by atoms with Crippen LogP contribution in [-0.2, 0) is 24.3 Å². The van der Waals surface area contributed by atoms with Crippen LogP contribution in [0, 0.1) is 11.3 Å². The quantitative estimate of drug-likeness (QED) is 0.681. The van der Waals surface area contributed by atoms with Gasteiger partial charge in [0.1, 0.15) is 5.84 Å². The van der Waals surface area contributed by atoms with Gasteiger partial charge in [0.15, 0.2) is 0 Å². The van der Waals surface area contributed by atoms with E-state index >= 15 is 0 Å². The Labute approximate surface area is 150 Å². The highest BCUT2D eigenvalue weighted by atomic mass is 32.2. The summed E-state index contributed by atoms with van der Waals surface area (Å²) in [6.45, 7) is 1.46. The summed E-state index contributed by atoms with van der Waals surface area (Å²) in [6.07, 6.45) is 5.02. The van der Waals surface area contributed by atoms with Crippen LogP contribution < -0.4 is 0 Å². The maximum atomic E-state index is 12.9. The molecule has 4 aliphatic rings. The van der Waals surface area contributed by atoms with Crippen LogP contribution in [0.1, 0.15) is 6.42 Å². The van der Waals surface area contributed by atoms with Crippen molar-refractivity contribution in [1.29, 1.82) is 0 Å². The number of hydrogen-bond donors (Lipinski definition) is 1. The number of aliphatic carboxylic acids is 1. The number of sulfonamides is 1. The Hall–Kier alpha value is -2.20. The molecular formula is C16H19N3O6S. The van der Waals surface area contributed by atoms with Crippen LogP contribution in [0.3, 0.4) is 0 Å². The minimum absolute atomic E-state index is 0.104. The predicted molar refractivity (Wildman–Crippen MR) is 90.7 cm³/mol. The minimum atomic E-state index is -3.45. The summed E-state index contributed by atoms with van der Waals surface area (Å²) in [7, 11) is -3.45. The molecule has 0 radical (unpaired) electrons. The van der Waals surface area contributed by atoms with Crippen molar-refractivity contribution >= 4 is 27.7 Å². The lowest BCUT2D eigenvalue weighted by Gasteiger charge is -2.33. The molecule has 0 aromatic heterocycles. The van der Waals surface area contributed by atoms with Crippen LogP contribution in [0.5, 0.6) is 0 Å². The number of likely N-dealkylation sites (tertiary alicyclic amines) is 1. The van der Waals surface area contributed by atoms with Crippen molar-refractivity contribution < 1.29 is 27.9 Å². The van der Waals surface area contributed by atoms with Crippen LogP contribution >= 0.6 is 0 Å². The van der Waals surface area contributed by atoms with Crippen molar-refractivity contribution in [3.8, 4) is 0 Å². The van der Waals surface area contributed by atoms with Gasteiger partial charge in [-0.1, -0.05) is 0 Å². The number of ether oxygens (including phenoxy) is 1. The lowest BCUT2D eigenvalue weighted by Crippen LogP contribution is -2.45. The molecule has 10 heteroatoms. The molecule has 9 nitrogen and oxygen atoms in total. The number of amides is 1. The van der Waals surface area contributed by atoms with Gasteiger partial charge in [-0.15, -0.1) is 4.40 Å². The monoisotopic (exact) mass is 381 g/mol. The molecule has 4 aliphatic heterocycles. The minimum Gasteiger partial charge on any atom is -0.481 e. The molecule has 0 spiro atoms. The standard InChI is InChI=1S/C16H19N3O6S/c20-14(11-1-2-13-17-26(23,24)6-4-18(13)7-11)19-8-12-9-25-5-3-16(12,10-19)15(21)22/h1-2,7,12H,3-6,8-10H2,(H,21,22)/t12-,16+/m0/s1. The number of amidine groups is 1. The number of nitrogens with zero attached hydrogens (tertiary/aromatic N) is 3. The lowest BCUT2D eigenvalue weighted by molar-refractivity contribution is -0.157. The van der Waals surface area contributed by atoms with E-state index in [4.69, 9.17) is 4.74 Å². The molecule has 0 aromatic rings. The number of carboxylic acids is 1. The Morgan fingerprint density at radius 3 is 2.88 bits per heavy atom. The third kappa shape index (κ3) is 2.73. The number of carboxylic acid groups (broad SMARTS) is 1. The van der Waals surface area contributed by atoms with Gasteiger partial charge >= 0.3 is 5.97 Å². The van der Waals surface area contributed by atoms with Crippen molar-refractivity contribution in [2.75, 3.05) is 38.6 Å². The largest absolute Gasteiger partial charge is 0.481 e. The number of hydrogen-bond acceptors (Lipinski definition) is 6. The summed E-state index contributed by atoms with van der Waals surface area (Å²) >= 11 is 0. The van der Waals surface area contributed by atoms with E-state index in [0.29, 0.717) is 37.6 Å². The summed E-state index contributed by atoms with van der Waals surface area (Å²) in [6, 6.07) is 0. The zero-order valence-corrected chi connectivity index (χ0v) is 14.8. The number of carbonyl (C=O) groups excluding carboxylic acids is 1. The Morgan fingerprint density at radius 2 is 2.15 bits per heavy atom. The molecule has 0 saturated carbocycles.